The van der Waals surface area contributed by atoms with Crippen molar-refractivity contribution < 1.29 is 4.79 Å². The van der Waals surface area contributed by atoms with Crippen LogP contribution in [0, 0.1) is 5.92 Å². The summed E-state index contributed by atoms with van der Waals surface area (Å²) in [6.07, 6.45) is 8.44. The highest BCUT2D eigenvalue weighted by atomic mass is 16.1. The van der Waals surface area contributed by atoms with Crippen LogP contribution in [0.5, 0.6) is 0 Å². The predicted molar refractivity (Wildman–Crippen MR) is 89.6 cm³/mol. The maximum absolute atomic E-state index is 11.4. The van der Waals surface area contributed by atoms with Gasteiger partial charge in [0.25, 0.3) is 0 Å². The first-order chi connectivity index (χ1) is 10.2. The van der Waals surface area contributed by atoms with Gasteiger partial charge in [0.1, 0.15) is 0 Å². The summed E-state index contributed by atoms with van der Waals surface area (Å²) in [6.45, 7) is 4.17. The van der Waals surface area contributed by atoms with Crippen LogP contribution in [0.4, 0.5) is 11.4 Å². The second kappa shape index (κ2) is 8.06. The van der Waals surface area contributed by atoms with Gasteiger partial charge >= 0.3 is 0 Å². The normalized spacial score (nSPS) is 22.4. The summed E-state index contributed by atoms with van der Waals surface area (Å²) in [5.74, 6) is 0.980. The van der Waals surface area contributed by atoms with Crippen molar-refractivity contribution in [2.75, 3.05) is 10.6 Å². The fourth-order valence-corrected chi connectivity index (χ4v) is 3.07. The van der Waals surface area contributed by atoms with E-state index >= 15 is 0 Å². The third kappa shape index (κ3) is 5.07. The maximum Gasteiger partial charge on any atom is 0.224 e. The fraction of sp³-hybridized carbons (Fsp3) is 0.611. The molecule has 0 heterocycles. The minimum atomic E-state index is 0.0603. The number of rotatable bonds is 5. The van der Waals surface area contributed by atoms with Crippen molar-refractivity contribution in [3.8, 4) is 0 Å². The smallest absolute Gasteiger partial charge is 0.224 e. The molecule has 0 radical (unpaired) electrons. The van der Waals surface area contributed by atoms with Gasteiger partial charge in [-0.15, -0.1) is 0 Å². The van der Waals surface area contributed by atoms with Gasteiger partial charge in [-0.05, 0) is 49.4 Å². The number of hydrogen-bond acceptors (Lipinski definition) is 2. The number of amides is 1. The van der Waals surface area contributed by atoms with Crippen molar-refractivity contribution in [1.82, 2.24) is 0 Å². The molecular weight excluding hydrogens is 260 g/mol. The van der Waals surface area contributed by atoms with Gasteiger partial charge in [-0.1, -0.05) is 33.1 Å². The van der Waals surface area contributed by atoms with E-state index in [2.05, 4.69) is 29.7 Å². The Hall–Kier alpha value is -1.51. The summed E-state index contributed by atoms with van der Waals surface area (Å²) in [6, 6.07) is 8.67. The Kier molecular flexibility index (Phi) is 6.09. The largest absolute Gasteiger partial charge is 0.382 e. The standard InChI is InChI=1S/C18H28N2O/c1-3-14-6-5-7-15(9-8-14)19-16-10-12-17(13-11-16)20-18(21)4-2/h10-15,19H,3-9H2,1-2H3,(H,20,21). The van der Waals surface area contributed by atoms with Crippen LogP contribution in [0.25, 0.3) is 0 Å². The summed E-state index contributed by atoms with van der Waals surface area (Å²) in [7, 11) is 0. The number of carbonyl (C=O) groups is 1. The highest BCUT2D eigenvalue weighted by Crippen LogP contribution is 2.27. The topological polar surface area (TPSA) is 41.1 Å². The van der Waals surface area contributed by atoms with Crippen molar-refractivity contribution in [3.63, 3.8) is 0 Å². The number of anilines is 2. The molecule has 0 saturated heterocycles. The van der Waals surface area contributed by atoms with Gasteiger partial charge in [-0.3, -0.25) is 4.79 Å². The molecule has 0 spiro atoms. The lowest BCUT2D eigenvalue weighted by atomic mass is 9.98. The molecule has 2 atom stereocenters. The average Bonchev–Trinajstić information content (AvgIpc) is 2.74. The number of nitrogens with one attached hydrogen (secondary N) is 2. The van der Waals surface area contributed by atoms with Crippen LogP contribution in [-0.2, 0) is 4.79 Å². The first-order valence-electron chi connectivity index (χ1n) is 8.37. The van der Waals surface area contributed by atoms with Crippen LogP contribution in [0.2, 0.25) is 0 Å². The van der Waals surface area contributed by atoms with Gasteiger partial charge in [0, 0.05) is 23.8 Å². The zero-order valence-corrected chi connectivity index (χ0v) is 13.3. The highest BCUT2D eigenvalue weighted by Gasteiger charge is 2.17. The van der Waals surface area contributed by atoms with E-state index in [0.717, 1.165) is 17.3 Å². The highest BCUT2D eigenvalue weighted by molar-refractivity contribution is 5.90. The molecule has 0 bridgehead atoms. The van der Waals surface area contributed by atoms with E-state index < -0.39 is 0 Å². The summed E-state index contributed by atoms with van der Waals surface area (Å²) in [5, 5.41) is 6.53. The second-order valence-corrected chi connectivity index (χ2v) is 6.10. The van der Waals surface area contributed by atoms with Gasteiger partial charge in [0.2, 0.25) is 5.91 Å². The molecule has 1 aromatic carbocycles. The van der Waals surface area contributed by atoms with Crippen molar-refractivity contribution in [3.05, 3.63) is 24.3 Å². The summed E-state index contributed by atoms with van der Waals surface area (Å²) < 4.78 is 0. The quantitative estimate of drug-likeness (QED) is 0.764. The van der Waals surface area contributed by atoms with Gasteiger partial charge in [-0.2, -0.15) is 0 Å². The molecule has 0 aromatic heterocycles. The molecule has 3 heteroatoms. The number of benzene rings is 1. The van der Waals surface area contributed by atoms with E-state index in [0.29, 0.717) is 12.5 Å². The van der Waals surface area contributed by atoms with E-state index in [1.807, 2.05) is 19.1 Å². The Morgan fingerprint density at radius 3 is 2.43 bits per heavy atom. The first kappa shape index (κ1) is 15.9. The van der Waals surface area contributed by atoms with Crippen molar-refractivity contribution in [1.29, 1.82) is 0 Å². The zero-order valence-electron chi connectivity index (χ0n) is 13.3. The Morgan fingerprint density at radius 2 is 1.76 bits per heavy atom. The van der Waals surface area contributed by atoms with Gasteiger partial charge in [0.05, 0.1) is 0 Å². The summed E-state index contributed by atoms with van der Waals surface area (Å²) in [5.41, 5.74) is 2.03. The monoisotopic (exact) mass is 288 g/mol. The SMILES string of the molecule is CCC(=O)Nc1ccc(NC2CCCC(CC)CC2)cc1. The molecule has 0 aliphatic heterocycles. The van der Waals surface area contributed by atoms with Crippen LogP contribution in [0.15, 0.2) is 24.3 Å². The molecule has 1 aromatic rings. The molecule has 2 unspecified atom stereocenters. The van der Waals surface area contributed by atoms with E-state index in [4.69, 9.17) is 0 Å². The Morgan fingerprint density at radius 1 is 1.05 bits per heavy atom. The second-order valence-electron chi connectivity index (χ2n) is 6.10. The van der Waals surface area contributed by atoms with Crippen molar-refractivity contribution in [2.24, 2.45) is 5.92 Å². The molecule has 21 heavy (non-hydrogen) atoms. The average molecular weight is 288 g/mol. The molecule has 3 nitrogen and oxygen atoms in total. The minimum Gasteiger partial charge on any atom is -0.382 e. The van der Waals surface area contributed by atoms with E-state index in [-0.39, 0.29) is 5.91 Å². The summed E-state index contributed by atoms with van der Waals surface area (Å²) >= 11 is 0. The molecular formula is C18H28N2O. The molecule has 1 aliphatic rings. The Balaban J connectivity index is 1.86. The van der Waals surface area contributed by atoms with Crippen LogP contribution in [-0.4, -0.2) is 11.9 Å². The van der Waals surface area contributed by atoms with E-state index in [1.54, 1.807) is 0 Å². The maximum atomic E-state index is 11.4. The fourth-order valence-electron chi connectivity index (χ4n) is 3.07. The lowest BCUT2D eigenvalue weighted by molar-refractivity contribution is -0.115. The molecule has 1 fully saturated rings. The summed E-state index contributed by atoms with van der Waals surface area (Å²) in [4.78, 5) is 11.4. The van der Waals surface area contributed by atoms with Crippen molar-refractivity contribution >= 4 is 17.3 Å². The molecule has 116 valence electrons. The molecule has 2 N–H and O–H groups in total. The third-order valence-corrected chi connectivity index (χ3v) is 4.53. The third-order valence-electron chi connectivity index (χ3n) is 4.53. The Labute approximate surface area is 128 Å². The first-order valence-corrected chi connectivity index (χ1v) is 8.37. The van der Waals surface area contributed by atoms with Crippen LogP contribution in [0.1, 0.15) is 58.8 Å². The van der Waals surface area contributed by atoms with E-state index in [1.165, 1.54) is 38.5 Å². The molecule has 1 amide bonds. The predicted octanol–water partition coefficient (Wildman–Crippen LogP) is 4.81. The van der Waals surface area contributed by atoms with Gasteiger partial charge in [-0.25, -0.2) is 0 Å². The number of carbonyl (C=O) groups excluding carboxylic acids is 1. The van der Waals surface area contributed by atoms with Gasteiger partial charge in [0.15, 0.2) is 0 Å². The molecule has 2 rings (SSSR count). The minimum absolute atomic E-state index is 0.0603. The van der Waals surface area contributed by atoms with Crippen molar-refractivity contribution in [2.45, 2.75) is 64.8 Å². The lowest BCUT2D eigenvalue weighted by Gasteiger charge is -2.18. The Bertz CT molecular complexity index is 441. The van der Waals surface area contributed by atoms with Crippen LogP contribution < -0.4 is 10.6 Å². The molecule has 1 saturated carbocycles. The zero-order chi connectivity index (χ0) is 15.1. The van der Waals surface area contributed by atoms with Crippen LogP contribution >= 0.6 is 0 Å². The van der Waals surface area contributed by atoms with Gasteiger partial charge < -0.3 is 10.6 Å². The van der Waals surface area contributed by atoms with Crippen LogP contribution in [0.3, 0.4) is 0 Å². The lowest BCUT2D eigenvalue weighted by Crippen LogP contribution is -2.18. The number of hydrogen-bond donors (Lipinski definition) is 2. The van der Waals surface area contributed by atoms with E-state index in [9.17, 15) is 4.79 Å². The molecule has 1 aliphatic carbocycles.